The first-order chi connectivity index (χ1) is 10.2. The highest BCUT2D eigenvalue weighted by atomic mass is 32.2. The molecule has 1 atom stereocenters. The molecular formula is C14H17N3O3S. The predicted molar refractivity (Wildman–Crippen MR) is 80.5 cm³/mol. The summed E-state index contributed by atoms with van der Waals surface area (Å²) in [6, 6.07) is 9.02. The predicted octanol–water partition coefficient (Wildman–Crippen LogP) is 1.86. The summed E-state index contributed by atoms with van der Waals surface area (Å²) in [5, 5.41) is 8.01. The van der Waals surface area contributed by atoms with Crippen molar-refractivity contribution in [3.05, 3.63) is 36.2 Å². The summed E-state index contributed by atoms with van der Waals surface area (Å²) in [5.74, 6) is 2.00. The number of thioether (sulfide) groups is 1. The van der Waals surface area contributed by atoms with E-state index in [9.17, 15) is 4.79 Å². The molecule has 112 valence electrons. The van der Waals surface area contributed by atoms with Crippen LogP contribution in [0.2, 0.25) is 0 Å². The third kappa shape index (κ3) is 4.57. The fourth-order valence-corrected chi connectivity index (χ4v) is 2.50. The highest BCUT2D eigenvalue weighted by Gasteiger charge is 2.13. The summed E-state index contributed by atoms with van der Waals surface area (Å²) >= 11 is 1.59. The van der Waals surface area contributed by atoms with E-state index in [1.54, 1.807) is 11.8 Å². The van der Waals surface area contributed by atoms with E-state index in [4.69, 9.17) is 10.2 Å². The molecule has 1 unspecified atom stereocenters. The first-order valence-corrected chi connectivity index (χ1v) is 7.65. The zero-order valence-corrected chi connectivity index (χ0v) is 12.5. The van der Waals surface area contributed by atoms with Crippen molar-refractivity contribution in [2.45, 2.75) is 18.2 Å². The molecule has 1 aromatic carbocycles. The molecule has 0 fully saturated rings. The Kier molecular flexibility index (Phi) is 5.77. The Morgan fingerprint density at radius 2 is 2.14 bits per heavy atom. The Labute approximate surface area is 127 Å². The molecular weight excluding hydrogens is 290 g/mol. The molecule has 6 nitrogen and oxygen atoms in total. The van der Waals surface area contributed by atoms with Gasteiger partial charge in [-0.05, 0) is 24.3 Å². The number of hydrogen-bond donors (Lipinski definition) is 1. The Bertz CT molecular complexity index is 574. The number of carbonyl (C=O) groups excluding carboxylic acids is 1. The Balaban J connectivity index is 1.77. The van der Waals surface area contributed by atoms with E-state index in [-0.39, 0.29) is 5.97 Å². The first kappa shape index (κ1) is 15.5. The van der Waals surface area contributed by atoms with Crippen LogP contribution in [0, 0.1) is 0 Å². The molecule has 0 spiro atoms. The summed E-state index contributed by atoms with van der Waals surface area (Å²) in [7, 11) is 1.33. The molecule has 7 heteroatoms. The number of esters is 1. The smallest absolute Gasteiger partial charge is 0.322 e. The van der Waals surface area contributed by atoms with Crippen molar-refractivity contribution in [1.82, 2.24) is 10.2 Å². The van der Waals surface area contributed by atoms with Gasteiger partial charge in [-0.15, -0.1) is 10.2 Å². The van der Waals surface area contributed by atoms with Crippen LogP contribution in [-0.4, -0.2) is 35.1 Å². The lowest BCUT2D eigenvalue weighted by Crippen LogP contribution is -2.31. The Morgan fingerprint density at radius 3 is 2.86 bits per heavy atom. The van der Waals surface area contributed by atoms with Gasteiger partial charge in [0.2, 0.25) is 11.8 Å². The van der Waals surface area contributed by atoms with Gasteiger partial charge in [-0.1, -0.05) is 18.2 Å². The third-order valence-electron chi connectivity index (χ3n) is 2.79. The van der Waals surface area contributed by atoms with Gasteiger partial charge in [-0.3, -0.25) is 4.79 Å². The molecule has 0 saturated heterocycles. The zero-order valence-electron chi connectivity index (χ0n) is 11.7. The molecule has 0 aliphatic heterocycles. The monoisotopic (exact) mass is 307 g/mol. The molecule has 0 aliphatic rings. The minimum absolute atomic E-state index is 0.389. The highest BCUT2D eigenvalue weighted by Crippen LogP contribution is 2.19. The molecule has 2 aromatic rings. The van der Waals surface area contributed by atoms with Crippen LogP contribution >= 0.6 is 11.8 Å². The standard InChI is InChI=1S/C14H17N3O3S/c1-19-14(18)11(15)7-8-21-9-12-16-17-13(20-12)10-5-3-2-4-6-10/h2-6,11H,7-9,15H2,1H3. The van der Waals surface area contributed by atoms with Gasteiger partial charge in [-0.2, -0.15) is 11.8 Å². The van der Waals surface area contributed by atoms with E-state index in [0.717, 1.165) is 11.3 Å². The van der Waals surface area contributed by atoms with E-state index < -0.39 is 6.04 Å². The summed E-state index contributed by atoms with van der Waals surface area (Å²) in [6.07, 6.45) is 0.553. The molecule has 1 aromatic heterocycles. The average Bonchev–Trinajstić information content (AvgIpc) is 3.00. The molecule has 2 rings (SSSR count). The van der Waals surface area contributed by atoms with E-state index in [1.165, 1.54) is 7.11 Å². The summed E-state index contributed by atoms with van der Waals surface area (Å²) in [5.41, 5.74) is 6.55. The number of rotatable bonds is 7. The first-order valence-electron chi connectivity index (χ1n) is 6.49. The fourth-order valence-electron chi connectivity index (χ4n) is 1.65. The molecule has 0 aliphatic carbocycles. The van der Waals surface area contributed by atoms with E-state index in [1.807, 2.05) is 30.3 Å². The van der Waals surface area contributed by atoms with Crippen LogP contribution in [0.5, 0.6) is 0 Å². The zero-order chi connectivity index (χ0) is 15.1. The number of methoxy groups -OCH3 is 1. The number of hydrogen-bond acceptors (Lipinski definition) is 7. The van der Waals surface area contributed by atoms with E-state index in [2.05, 4.69) is 14.9 Å². The molecule has 21 heavy (non-hydrogen) atoms. The molecule has 0 saturated carbocycles. The van der Waals surface area contributed by atoms with Crippen molar-refractivity contribution in [2.75, 3.05) is 12.9 Å². The second-order valence-corrected chi connectivity index (χ2v) is 5.44. The largest absolute Gasteiger partial charge is 0.468 e. The Morgan fingerprint density at radius 1 is 1.38 bits per heavy atom. The van der Waals surface area contributed by atoms with Crippen molar-refractivity contribution >= 4 is 17.7 Å². The summed E-state index contributed by atoms with van der Waals surface area (Å²) in [6.45, 7) is 0. The van der Waals surface area contributed by atoms with Crippen LogP contribution in [-0.2, 0) is 15.3 Å². The van der Waals surface area contributed by atoms with Gasteiger partial charge >= 0.3 is 5.97 Å². The normalized spacial score (nSPS) is 12.1. The maximum Gasteiger partial charge on any atom is 0.322 e. The van der Waals surface area contributed by atoms with Crippen LogP contribution in [0.3, 0.4) is 0 Å². The number of nitrogens with zero attached hydrogens (tertiary/aromatic N) is 2. The van der Waals surface area contributed by atoms with Crippen molar-refractivity contribution in [1.29, 1.82) is 0 Å². The van der Waals surface area contributed by atoms with Crippen LogP contribution in [0.1, 0.15) is 12.3 Å². The number of benzene rings is 1. The number of carbonyl (C=O) groups is 1. The SMILES string of the molecule is COC(=O)C(N)CCSCc1nnc(-c2ccccc2)o1. The number of ether oxygens (including phenoxy) is 1. The van der Waals surface area contributed by atoms with Gasteiger partial charge in [0.1, 0.15) is 6.04 Å². The molecule has 0 amide bonds. The van der Waals surface area contributed by atoms with Crippen LogP contribution in [0.25, 0.3) is 11.5 Å². The van der Waals surface area contributed by atoms with E-state index >= 15 is 0 Å². The highest BCUT2D eigenvalue weighted by molar-refractivity contribution is 7.98. The lowest BCUT2D eigenvalue weighted by Gasteiger charge is -2.07. The van der Waals surface area contributed by atoms with Gasteiger partial charge in [0.15, 0.2) is 0 Å². The van der Waals surface area contributed by atoms with Crippen LogP contribution in [0.15, 0.2) is 34.7 Å². The molecule has 0 bridgehead atoms. The van der Waals surface area contributed by atoms with Gasteiger partial charge in [0.05, 0.1) is 12.9 Å². The third-order valence-corrected chi connectivity index (χ3v) is 3.77. The van der Waals surface area contributed by atoms with Crippen molar-refractivity contribution in [3.8, 4) is 11.5 Å². The van der Waals surface area contributed by atoms with Gasteiger partial charge in [0.25, 0.3) is 0 Å². The summed E-state index contributed by atoms with van der Waals surface area (Å²) in [4.78, 5) is 11.1. The van der Waals surface area contributed by atoms with Crippen LogP contribution in [0.4, 0.5) is 0 Å². The second-order valence-electron chi connectivity index (χ2n) is 4.34. The van der Waals surface area contributed by atoms with Gasteiger partial charge < -0.3 is 14.9 Å². The lowest BCUT2D eigenvalue weighted by atomic mass is 10.2. The van der Waals surface area contributed by atoms with E-state index in [0.29, 0.717) is 24.0 Å². The Hall–Kier alpha value is -1.86. The van der Waals surface area contributed by atoms with Crippen molar-refractivity contribution in [2.24, 2.45) is 5.73 Å². The maximum atomic E-state index is 11.1. The van der Waals surface area contributed by atoms with Crippen LogP contribution < -0.4 is 5.73 Å². The van der Waals surface area contributed by atoms with Crippen molar-refractivity contribution in [3.63, 3.8) is 0 Å². The molecule has 0 radical (unpaired) electrons. The quantitative estimate of drug-likeness (QED) is 0.616. The summed E-state index contributed by atoms with van der Waals surface area (Å²) < 4.78 is 10.1. The molecule has 2 N–H and O–H groups in total. The minimum atomic E-state index is -0.579. The van der Waals surface area contributed by atoms with Gasteiger partial charge in [-0.25, -0.2) is 0 Å². The maximum absolute atomic E-state index is 11.1. The fraction of sp³-hybridized carbons (Fsp3) is 0.357. The van der Waals surface area contributed by atoms with Crippen molar-refractivity contribution < 1.29 is 13.9 Å². The van der Waals surface area contributed by atoms with Gasteiger partial charge in [0, 0.05) is 5.56 Å². The topological polar surface area (TPSA) is 91.2 Å². The number of aromatic nitrogens is 2. The minimum Gasteiger partial charge on any atom is -0.468 e. The average molecular weight is 307 g/mol. The lowest BCUT2D eigenvalue weighted by molar-refractivity contribution is -0.142. The number of nitrogens with two attached hydrogens (primary N) is 1. The molecule has 1 heterocycles. The second kappa shape index (κ2) is 7.80.